The van der Waals surface area contributed by atoms with Gasteiger partial charge in [0.1, 0.15) is 4.88 Å². The topological polar surface area (TPSA) is 3.88 Å². The Balaban J connectivity index is 0.000000227. The molecule has 0 aliphatic carbocycles. The average molecular weight is 427 g/mol. The number of aromatic nitrogens is 1. The van der Waals surface area contributed by atoms with Gasteiger partial charge in [-0.05, 0) is 12.1 Å². The van der Waals surface area contributed by atoms with E-state index < -0.39 is 0 Å². The molecular formula is C21H22NPdS+. The first-order chi connectivity index (χ1) is 11.1. The van der Waals surface area contributed by atoms with Crippen LogP contribution in [0, 0.1) is 19.4 Å². The number of fused-ring (bicyclic) bond motifs is 5. The predicted molar refractivity (Wildman–Crippen MR) is 99.2 cm³/mol. The Bertz CT molecular complexity index is 848. The SMILES string of the molecule is [CH-]=C(C)CC([CH2-])C.[Pd+2].c1cc[n+]2c(c1)-c1sc3ccccc3c1C2. The molecule has 1 nitrogen and oxygen atoms in total. The number of rotatable bonds is 2. The summed E-state index contributed by atoms with van der Waals surface area (Å²) in [6.07, 6.45) is 3.11. The van der Waals surface area contributed by atoms with E-state index in [4.69, 9.17) is 6.58 Å². The molecular weight excluding hydrogens is 405 g/mol. The molecule has 2 aromatic heterocycles. The molecule has 3 heteroatoms. The van der Waals surface area contributed by atoms with E-state index in [9.17, 15) is 0 Å². The maximum atomic E-state index is 5.37. The number of thiophene rings is 1. The summed E-state index contributed by atoms with van der Waals surface area (Å²) in [6.45, 7) is 14.1. The zero-order valence-electron chi connectivity index (χ0n) is 14.1. The molecule has 126 valence electrons. The number of pyridine rings is 1. The summed E-state index contributed by atoms with van der Waals surface area (Å²) < 4.78 is 3.73. The first-order valence-electron chi connectivity index (χ1n) is 7.96. The first kappa shape index (κ1) is 19.1. The van der Waals surface area contributed by atoms with Crippen molar-refractivity contribution in [3.63, 3.8) is 0 Å². The van der Waals surface area contributed by atoms with Crippen LogP contribution in [0.1, 0.15) is 25.8 Å². The van der Waals surface area contributed by atoms with Crippen LogP contribution in [0.3, 0.4) is 0 Å². The average Bonchev–Trinajstić information content (AvgIpc) is 3.02. The Morgan fingerprint density at radius 3 is 2.62 bits per heavy atom. The van der Waals surface area contributed by atoms with Gasteiger partial charge < -0.3 is 13.5 Å². The van der Waals surface area contributed by atoms with E-state index in [1.165, 1.54) is 26.2 Å². The molecule has 0 fully saturated rings. The minimum Gasteiger partial charge on any atom is -0.515 e. The second-order valence-corrected chi connectivity index (χ2v) is 7.33. The van der Waals surface area contributed by atoms with Crippen molar-refractivity contribution in [1.29, 1.82) is 0 Å². The van der Waals surface area contributed by atoms with Gasteiger partial charge in [0.2, 0.25) is 5.69 Å². The van der Waals surface area contributed by atoms with Gasteiger partial charge in [-0.25, -0.2) is 0 Å². The Hall–Kier alpha value is -1.27. The van der Waals surface area contributed by atoms with E-state index in [1.54, 1.807) is 0 Å². The molecule has 1 aliphatic rings. The first-order valence-corrected chi connectivity index (χ1v) is 8.78. The van der Waals surface area contributed by atoms with Crippen molar-refractivity contribution < 1.29 is 25.0 Å². The summed E-state index contributed by atoms with van der Waals surface area (Å²) in [5.74, 6) is 0.463. The summed E-state index contributed by atoms with van der Waals surface area (Å²) >= 11 is 1.91. The third-order valence-electron chi connectivity index (χ3n) is 3.87. The van der Waals surface area contributed by atoms with Crippen molar-refractivity contribution in [3.8, 4) is 10.6 Å². The smallest absolute Gasteiger partial charge is 0.515 e. The van der Waals surface area contributed by atoms with Gasteiger partial charge in [0.25, 0.3) is 0 Å². The van der Waals surface area contributed by atoms with Crippen molar-refractivity contribution in [1.82, 2.24) is 0 Å². The molecule has 3 aromatic rings. The summed E-state index contributed by atoms with van der Waals surface area (Å²) in [7, 11) is 0. The fourth-order valence-electron chi connectivity index (χ4n) is 3.00. The minimum absolute atomic E-state index is 0. The van der Waals surface area contributed by atoms with Gasteiger partial charge >= 0.3 is 20.4 Å². The third kappa shape index (κ3) is 4.03. The van der Waals surface area contributed by atoms with Crippen LogP contribution in [0.2, 0.25) is 0 Å². The fourth-order valence-corrected chi connectivity index (χ4v) is 4.26. The molecule has 0 bridgehead atoms. The van der Waals surface area contributed by atoms with Crippen LogP contribution in [0.25, 0.3) is 20.7 Å². The summed E-state index contributed by atoms with van der Waals surface area (Å²) in [6, 6.07) is 15.1. The standard InChI is InChI=1S/C14H10NS.C7H12.Pd/c1-2-7-13-10(5-1)11-9-15-8-4-3-6-12(15)14(11)16-13;1-6(2)5-7(3)4;/h1-8H,9H2;1,7H,3,5H2,2,4H3;/q+1;-2;+2. The largest absolute Gasteiger partial charge is 2.00 e. The van der Waals surface area contributed by atoms with Crippen molar-refractivity contribution in [2.75, 3.05) is 0 Å². The molecule has 1 unspecified atom stereocenters. The molecule has 1 aliphatic heterocycles. The summed E-state index contributed by atoms with van der Waals surface area (Å²) in [5.41, 5.74) is 3.83. The van der Waals surface area contributed by atoms with E-state index in [1.807, 2.05) is 18.3 Å². The van der Waals surface area contributed by atoms with E-state index >= 15 is 0 Å². The molecule has 24 heavy (non-hydrogen) atoms. The van der Waals surface area contributed by atoms with Crippen molar-refractivity contribution in [3.05, 3.63) is 73.3 Å². The number of hydrogen-bond donors (Lipinski definition) is 0. The Morgan fingerprint density at radius 2 is 1.96 bits per heavy atom. The maximum absolute atomic E-state index is 5.37. The number of benzene rings is 1. The monoisotopic (exact) mass is 426 g/mol. The van der Waals surface area contributed by atoms with Crippen LogP contribution in [0.5, 0.6) is 0 Å². The van der Waals surface area contributed by atoms with Crippen LogP contribution in [-0.2, 0) is 27.0 Å². The second-order valence-electron chi connectivity index (χ2n) is 6.28. The number of nitrogens with zero attached hydrogens (tertiary/aromatic N) is 1. The minimum atomic E-state index is 0. The molecule has 1 aromatic carbocycles. The number of hydrogen-bond acceptors (Lipinski definition) is 1. The Kier molecular flexibility index (Phi) is 6.52. The van der Waals surface area contributed by atoms with Gasteiger partial charge in [-0.3, -0.25) is 5.57 Å². The van der Waals surface area contributed by atoms with E-state index in [-0.39, 0.29) is 20.4 Å². The van der Waals surface area contributed by atoms with Gasteiger partial charge in [-0.2, -0.15) is 10.5 Å². The molecule has 4 rings (SSSR count). The van der Waals surface area contributed by atoms with Crippen LogP contribution < -0.4 is 4.57 Å². The molecule has 0 radical (unpaired) electrons. The summed E-state index contributed by atoms with van der Waals surface area (Å²) in [5, 5.41) is 1.42. The molecule has 0 N–H and O–H groups in total. The van der Waals surface area contributed by atoms with E-state index in [0.717, 1.165) is 18.5 Å². The summed E-state index contributed by atoms with van der Waals surface area (Å²) in [4.78, 5) is 1.45. The fraction of sp³-hybridized carbons (Fsp3) is 0.238. The van der Waals surface area contributed by atoms with Crippen molar-refractivity contribution in [2.24, 2.45) is 5.92 Å². The van der Waals surface area contributed by atoms with E-state index in [2.05, 4.69) is 67.1 Å². The van der Waals surface area contributed by atoms with Gasteiger partial charge in [-0.1, -0.05) is 38.5 Å². The molecule has 1 atom stereocenters. The van der Waals surface area contributed by atoms with Crippen molar-refractivity contribution in [2.45, 2.75) is 26.8 Å². The van der Waals surface area contributed by atoms with E-state index in [0.29, 0.717) is 5.92 Å². The zero-order chi connectivity index (χ0) is 16.4. The molecule has 0 saturated heterocycles. The molecule has 0 saturated carbocycles. The van der Waals surface area contributed by atoms with Crippen LogP contribution in [0.15, 0.2) is 54.2 Å². The van der Waals surface area contributed by atoms with Gasteiger partial charge in [-0.15, -0.1) is 11.3 Å². The van der Waals surface area contributed by atoms with Crippen LogP contribution >= 0.6 is 11.3 Å². The molecule has 3 heterocycles. The van der Waals surface area contributed by atoms with Crippen LogP contribution in [0.4, 0.5) is 0 Å². The van der Waals surface area contributed by atoms with Gasteiger partial charge in [0.15, 0.2) is 12.7 Å². The van der Waals surface area contributed by atoms with Crippen LogP contribution in [-0.4, -0.2) is 0 Å². The van der Waals surface area contributed by atoms with Gasteiger partial charge in [0.05, 0.1) is 0 Å². The Labute approximate surface area is 162 Å². The quantitative estimate of drug-likeness (QED) is 0.228. The number of allylic oxidation sites excluding steroid dienone is 1. The zero-order valence-corrected chi connectivity index (χ0v) is 16.4. The second kappa shape index (κ2) is 8.21. The van der Waals surface area contributed by atoms with Gasteiger partial charge in [0, 0.05) is 27.8 Å². The predicted octanol–water partition coefficient (Wildman–Crippen LogP) is 5.44. The normalized spacial score (nSPS) is 12.5. The third-order valence-corrected chi connectivity index (χ3v) is 5.11. The van der Waals surface area contributed by atoms with Crippen molar-refractivity contribution >= 4 is 21.4 Å². The Morgan fingerprint density at radius 1 is 1.25 bits per heavy atom. The maximum Gasteiger partial charge on any atom is 2.00 e. The molecule has 0 spiro atoms. The molecule has 0 amide bonds.